The fraction of sp³-hybridized carbons (Fsp3) is 0.538. The second-order valence-corrected chi connectivity index (χ2v) is 6.42. The molecule has 1 aliphatic rings. The molecular weight excluding hydrogens is 319 g/mol. The fourth-order valence-corrected chi connectivity index (χ4v) is 3.61. The summed E-state index contributed by atoms with van der Waals surface area (Å²) >= 11 is 13.6. The van der Waals surface area contributed by atoms with Crippen LogP contribution in [0.5, 0.6) is 0 Å². The summed E-state index contributed by atoms with van der Waals surface area (Å²) in [5, 5.41) is 0.507. The number of rotatable bonds is 5. The number of thioether (sulfide) groups is 1. The Bertz CT molecular complexity index is 481. The average molecular weight is 335 g/mol. The SMILES string of the molecule is COCCN(C(=O)c1cnc(Cl)c(Cl)c1)C1CCSC1. The molecule has 1 amide bonds. The number of pyridine rings is 1. The molecule has 0 radical (unpaired) electrons. The van der Waals surface area contributed by atoms with Crippen LogP contribution in [0.2, 0.25) is 10.2 Å². The lowest BCUT2D eigenvalue weighted by molar-refractivity contribution is 0.0624. The van der Waals surface area contributed by atoms with E-state index in [-0.39, 0.29) is 17.1 Å². The molecule has 1 unspecified atom stereocenters. The highest BCUT2D eigenvalue weighted by atomic mass is 35.5. The van der Waals surface area contributed by atoms with Gasteiger partial charge in [0.15, 0.2) is 0 Å². The topological polar surface area (TPSA) is 42.4 Å². The van der Waals surface area contributed by atoms with Crippen molar-refractivity contribution in [3.05, 3.63) is 28.0 Å². The number of hydrogen-bond donors (Lipinski definition) is 0. The van der Waals surface area contributed by atoms with Gasteiger partial charge in [-0.25, -0.2) is 4.98 Å². The Kier molecular flexibility index (Phi) is 5.96. The molecule has 1 fully saturated rings. The van der Waals surface area contributed by atoms with E-state index in [1.165, 1.54) is 6.20 Å². The summed E-state index contributed by atoms with van der Waals surface area (Å²) in [5.74, 6) is 1.98. The third-order valence-electron chi connectivity index (χ3n) is 3.19. The molecule has 1 aromatic heterocycles. The fourth-order valence-electron chi connectivity index (χ4n) is 2.11. The summed E-state index contributed by atoms with van der Waals surface area (Å²) in [6, 6.07) is 1.82. The zero-order chi connectivity index (χ0) is 14.5. The summed E-state index contributed by atoms with van der Waals surface area (Å²) < 4.78 is 5.10. The van der Waals surface area contributed by atoms with Crippen molar-refractivity contribution < 1.29 is 9.53 Å². The smallest absolute Gasteiger partial charge is 0.255 e. The van der Waals surface area contributed by atoms with Crippen LogP contribution in [0.25, 0.3) is 0 Å². The molecule has 1 saturated heterocycles. The van der Waals surface area contributed by atoms with Gasteiger partial charge in [0, 0.05) is 31.6 Å². The van der Waals surface area contributed by atoms with Gasteiger partial charge in [-0.15, -0.1) is 0 Å². The first kappa shape index (κ1) is 15.9. The van der Waals surface area contributed by atoms with Crippen LogP contribution in [0.15, 0.2) is 12.3 Å². The summed E-state index contributed by atoms with van der Waals surface area (Å²) in [7, 11) is 1.63. The molecular formula is C13H16Cl2N2O2S. The molecule has 0 N–H and O–H groups in total. The molecule has 20 heavy (non-hydrogen) atoms. The van der Waals surface area contributed by atoms with Crippen LogP contribution in [0.3, 0.4) is 0 Å². The minimum atomic E-state index is -0.0689. The lowest BCUT2D eigenvalue weighted by Crippen LogP contribution is -2.42. The van der Waals surface area contributed by atoms with Gasteiger partial charge in [-0.2, -0.15) is 11.8 Å². The summed E-state index contributed by atoms with van der Waals surface area (Å²) in [5.41, 5.74) is 0.465. The van der Waals surface area contributed by atoms with Crippen LogP contribution in [0.1, 0.15) is 16.8 Å². The van der Waals surface area contributed by atoms with Gasteiger partial charge in [0.25, 0.3) is 5.91 Å². The van der Waals surface area contributed by atoms with E-state index in [9.17, 15) is 4.79 Å². The molecule has 7 heteroatoms. The molecule has 0 saturated carbocycles. The number of carbonyl (C=O) groups is 1. The minimum Gasteiger partial charge on any atom is -0.383 e. The van der Waals surface area contributed by atoms with Gasteiger partial charge >= 0.3 is 0 Å². The maximum atomic E-state index is 12.6. The van der Waals surface area contributed by atoms with Crippen molar-refractivity contribution in [2.75, 3.05) is 31.8 Å². The molecule has 2 rings (SSSR count). The van der Waals surface area contributed by atoms with E-state index in [0.717, 1.165) is 17.9 Å². The highest BCUT2D eigenvalue weighted by Crippen LogP contribution is 2.25. The number of aromatic nitrogens is 1. The van der Waals surface area contributed by atoms with Crippen molar-refractivity contribution in [1.29, 1.82) is 0 Å². The van der Waals surface area contributed by atoms with Crippen LogP contribution in [0, 0.1) is 0 Å². The second kappa shape index (κ2) is 7.50. The minimum absolute atomic E-state index is 0.0689. The molecule has 2 heterocycles. The van der Waals surface area contributed by atoms with Crippen molar-refractivity contribution >= 4 is 40.9 Å². The number of amides is 1. The zero-order valence-corrected chi connectivity index (χ0v) is 13.5. The molecule has 4 nitrogen and oxygen atoms in total. The maximum Gasteiger partial charge on any atom is 0.255 e. The molecule has 0 spiro atoms. The van der Waals surface area contributed by atoms with Crippen LogP contribution in [-0.2, 0) is 4.74 Å². The van der Waals surface area contributed by atoms with Crippen LogP contribution in [-0.4, -0.2) is 53.6 Å². The Morgan fingerprint density at radius 3 is 3.00 bits per heavy atom. The van der Waals surface area contributed by atoms with Crippen molar-refractivity contribution in [1.82, 2.24) is 9.88 Å². The number of ether oxygens (including phenoxy) is 1. The average Bonchev–Trinajstić information content (AvgIpc) is 2.96. The van der Waals surface area contributed by atoms with Gasteiger partial charge in [0.2, 0.25) is 0 Å². The Hall–Kier alpha value is -0.490. The molecule has 1 aliphatic heterocycles. The molecule has 1 atom stereocenters. The highest BCUT2D eigenvalue weighted by Gasteiger charge is 2.28. The van der Waals surface area contributed by atoms with E-state index >= 15 is 0 Å². The monoisotopic (exact) mass is 334 g/mol. The normalized spacial score (nSPS) is 18.2. The van der Waals surface area contributed by atoms with Crippen LogP contribution >= 0.6 is 35.0 Å². The predicted octanol–water partition coefficient (Wildman–Crippen LogP) is 2.98. The molecule has 110 valence electrons. The molecule has 0 aromatic carbocycles. The Labute approximate surface area is 132 Å². The van der Waals surface area contributed by atoms with E-state index in [0.29, 0.717) is 23.7 Å². The van der Waals surface area contributed by atoms with Crippen molar-refractivity contribution in [2.45, 2.75) is 12.5 Å². The first-order valence-corrected chi connectivity index (χ1v) is 8.23. The summed E-state index contributed by atoms with van der Waals surface area (Å²) in [6.07, 6.45) is 2.48. The van der Waals surface area contributed by atoms with Gasteiger partial charge in [-0.1, -0.05) is 23.2 Å². The standard InChI is InChI=1S/C13H16Cl2N2O2S/c1-19-4-3-17(10-2-5-20-8-10)13(18)9-6-11(14)12(15)16-7-9/h6-7,10H,2-5,8H2,1H3. The van der Waals surface area contributed by atoms with Crippen LogP contribution in [0.4, 0.5) is 0 Å². The van der Waals surface area contributed by atoms with Crippen LogP contribution < -0.4 is 0 Å². The lowest BCUT2D eigenvalue weighted by Gasteiger charge is -2.28. The molecule has 0 aliphatic carbocycles. The van der Waals surface area contributed by atoms with Crippen molar-refractivity contribution in [3.8, 4) is 0 Å². The number of hydrogen-bond acceptors (Lipinski definition) is 4. The van der Waals surface area contributed by atoms with Gasteiger partial charge in [-0.05, 0) is 18.2 Å². The summed E-state index contributed by atoms with van der Waals surface area (Å²) in [6.45, 7) is 1.09. The number of carbonyl (C=O) groups excluding carboxylic acids is 1. The quantitative estimate of drug-likeness (QED) is 0.776. The predicted molar refractivity (Wildman–Crippen MR) is 82.9 cm³/mol. The Morgan fingerprint density at radius 2 is 2.40 bits per heavy atom. The summed E-state index contributed by atoms with van der Waals surface area (Å²) in [4.78, 5) is 18.4. The number of methoxy groups -OCH3 is 1. The van der Waals surface area contributed by atoms with Gasteiger partial charge < -0.3 is 9.64 Å². The van der Waals surface area contributed by atoms with Crippen molar-refractivity contribution in [3.63, 3.8) is 0 Å². The highest BCUT2D eigenvalue weighted by molar-refractivity contribution is 7.99. The Balaban J connectivity index is 2.17. The molecule has 1 aromatic rings. The van der Waals surface area contributed by atoms with E-state index in [2.05, 4.69) is 4.98 Å². The first-order chi connectivity index (χ1) is 9.63. The van der Waals surface area contributed by atoms with E-state index in [1.54, 1.807) is 13.2 Å². The van der Waals surface area contributed by atoms with E-state index in [1.807, 2.05) is 16.7 Å². The van der Waals surface area contributed by atoms with Gasteiger partial charge in [-0.3, -0.25) is 4.79 Å². The van der Waals surface area contributed by atoms with E-state index < -0.39 is 0 Å². The first-order valence-electron chi connectivity index (χ1n) is 6.32. The Morgan fingerprint density at radius 1 is 1.60 bits per heavy atom. The molecule has 0 bridgehead atoms. The van der Waals surface area contributed by atoms with Gasteiger partial charge in [0.1, 0.15) is 5.15 Å². The number of nitrogens with zero attached hydrogens (tertiary/aromatic N) is 2. The third kappa shape index (κ3) is 3.79. The lowest BCUT2D eigenvalue weighted by atomic mass is 10.1. The number of halogens is 2. The van der Waals surface area contributed by atoms with Crippen molar-refractivity contribution in [2.24, 2.45) is 0 Å². The largest absolute Gasteiger partial charge is 0.383 e. The van der Waals surface area contributed by atoms with E-state index in [4.69, 9.17) is 27.9 Å². The third-order valence-corrected chi connectivity index (χ3v) is 5.02. The van der Waals surface area contributed by atoms with Gasteiger partial charge in [0.05, 0.1) is 17.2 Å². The second-order valence-electron chi connectivity index (χ2n) is 4.51. The zero-order valence-electron chi connectivity index (χ0n) is 11.1. The maximum absolute atomic E-state index is 12.6.